The minimum absolute atomic E-state index is 0.716. The van der Waals surface area contributed by atoms with E-state index in [0.717, 1.165) is 39.7 Å². The van der Waals surface area contributed by atoms with Gasteiger partial charge in [-0.3, -0.25) is 0 Å². The van der Waals surface area contributed by atoms with E-state index >= 15 is 0 Å². The minimum Gasteiger partial charge on any atom is -0.457 e. The molecule has 0 saturated carbocycles. The molecule has 31 heavy (non-hydrogen) atoms. The van der Waals surface area contributed by atoms with E-state index in [0.29, 0.717) is 11.4 Å². The molecule has 0 aliphatic carbocycles. The van der Waals surface area contributed by atoms with Crippen molar-refractivity contribution in [3.8, 4) is 23.0 Å². The van der Waals surface area contributed by atoms with Crippen LogP contribution in [0.1, 0.15) is 18.1 Å². The second kappa shape index (κ2) is 9.09. The van der Waals surface area contributed by atoms with Crippen LogP contribution >= 0.6 is 0 Å². The van der Waals surface area contributed by atoms with Gasteiger partial charge in [-0.1, -0.05) is 30.3 Å². The summed E-state index contributed by atoms with van der Waals surface area (Å²) in [5.41, 5.74) is 16.2. The average molecular weight is 409 g/mol. The Morgan fingerprint density at radius 3 is 1.32 bits per heavy atom. The van der Waals surface area contributed by atoms with Crippen molar-refractivity contribution in [2.45, 2.75) is 6.92 Å². The summed E-state index contributed by atoms with van der Waals surface area (Å²) in [6.45, 7) is 2.09. The SMILES string of the molecule is C/C(=C\c1ccc(Oc2ccc(N)cc2)cc1)c1ccc(Oc2ccc(N)cc2)cc1. The van der Waals surface area contributed by atoms with Crippen molar-refractivity contribution < 1.29 is 9.47 Å². The fraction of sp³-hybridized carbons (Fsp3) is 0.0370. The van der Waals surface area contributed by atoms with Crippen LogP contribution in [-0.4, -0.2) is 0 Å². The zero-order valence-corrected chi connectivity index (χ0v) is 17.3. The highest BCUT2D eigenvalue weighted by Gasteiger charge is 2.02. The van der Waals surface area contributed by atoms with Gasteiger partial charge in [0, 0.05) is 11.4 Å². The molecule has 4 heteroatoms. The first-order valence-electron chi connectivity index (χ1n) is 10.0. The topological polar surface area (TPSA) is 70.5 Å². The molecule has 0 aliphatic heterocycles. The van der Waals surface area contributed by atoms with Gasteiger partial charge >= 0.3 is 0 Å². The number of benzene rings is 4. The van der Waals surface area contributed by atoms with Crippen LogP contribution in [0.3, 0.4) is 0 Å². The van der Waals surface area contributed by atoms with Crippen LogP contribution in [0.2, 0.25) is 0 Å². The summed E-state index contributed by atoms with van der Waals surface area (Å²) in [6, 6.07) is 30.7. The Bertz CT molecular complexity index is 1160. The van der Waals surface area contributed by atoms with Crippen molar-refractivity contribution in [1.29, 1.82) is 0 Å². The van der Waals surface area contributed by atoms with Crippen LogP contribution in [0.15, 0.2) is 97.1 Å². The number of allylic oxidation sites excluding steroid dienone is 1. The third-order valence-corrected chi connectivity index (χ3v) is 4.80. The highest BCUT2D eigenvalue weighted by molar-refractivity contribution is 5.80. The standard InChI is InChI=1S/C27H24N2O2/c1-19(21-4-12-25(13-5-21)31-27-16-8-23(29)9-17-27)18-20-2-10-24(11-3-20)30-26-14-6-22(28)7-15-26/h2-18H,28-29H2,1H3/b19-18+. The van der Waals surface area contributed by atoms with Crippen molar-refractivity contribution in [2.24, 2.45) is 0 Å². The summed E-state index contributed by atoms with van der Waals surface area (Å²) < 4.78 is 11.7. The fourth-order valence-corrected chi connectivity index (χ4v) is 3.10. The molecule has 4 aromatic carbocycles. The molecule has 0 unspecified atom stereocenters. The maximum Gasteiger partial charge on any atom is 0.127 e. The average Bonchev–Trinajstić information content (AvgIpc) is 2.79. The molecule has 0 fully saturated rings. The summed E-state index contributed by atoms with van der Waals surface area (Å²) in [6.07, 6.45) is 2.14. The molecule has 154 valence electrons. The Kier molecular flexibility index (Phi) is 5.90. The van der Waals surface area contributed by atoms with E-state index in [1.165, 1.54) is 0 Å². The molecule has 0 radical (unpaired) electrons. The van der Waals surface area contributed by atoms with Gasteiger partial charge in [0.05, 0.1) is 0 Å². The third kappa shape index (κ3) is 5.46. The van der Waals surface area contributed by atoms with Crippen LogP contribution in [0.4, 0.5) is 11.4 Å². The van der Waals surface area contributed by atoms with E-state index < -0.39 is 0 Å². The molecular weight excluding hydrogens is 384 g/mol. The minimum atomic E-state index is 0.716. The predicted molar refractivity (Wildman–Crippen MR) is 128 cm³/mol. The predicted octanol–water partition coefficient (Wildman–Crippen LogP) is 7.00. The monoisotopic (exact) mass is 408 g/mol. The van der Waals surface area contributed by atoms with Gasteiger partial charge < -0.3 is 20.9 Å². The van der Waals surface area contributed by atoms with E-state index in [-0.39, 0.29) is 0 Å². The summed E-state index contributed by atoms with van der Waals surface area (Å²) in [7, 11) is 0. The lowest BCUT2D eigenvalue weighted by Crippen LogP contribution is -1.88. The van der Waals surface area contributed by atoms with E-state index in [1.807, 2.05) is 84.9 Å². The zero-order valence-electron chi connectivity index (χ0n) is 17.3. The van der Waals surface area contributed by atoms with E-state index in [9.17, 15) is 0 Å². The number of hydrogen-bond donors (Lipinski definition) is 2. The number of ether oxygens (including phenoxy) is 2. The smallest absolute Gasteiger partial charge is 0.127 e. The van der Waals surface area contributed by atoms with Gasteiger partial charge in [-0.2, -0.15) is 0 Å². The van der Waals surface area contributed by atoms with Crippen molar-refractivity contribution >= 4 is 23.0 Å². The first-order valence-corrected chi connectivity index (χ1v) is 10.0. The second-order valence-corrected chi connectivity index (χ2v) is 7.26. The third-order valence-electron chi connectivity index (χ3n) is 4.80. The largest absolute Gasteiger partial charge is 0.457 e. The number of anilines is 2. The summed E-state index contributed by atoms with van der Waals surface area (Å²) in [5.74, 6) is 3.08. The molecule has 4 aromatic rings. The van der Waals surface area contributed by atoms with Gasteiger partial charge in [0.2, 0.25) is 0 Å². The Morgan fingerprint density at radius 1 is 0.548 bits per heavy atom. The maximum atomic E-state index is 5.86. The van der Waals surface area contributed by atoms with Crippen molar-refractivity contribution in [3.63, 3.8) is 0 Å². The van der Waals surface area contributed by atoms with Gasteiger partial charge in [0.15, 0.2) is 0 Å². The molecule has 0 aliphatic rings. The molecule has 0 aromatic heterocycles. The van der Waals surface area contributed by atoms with E-state index in [4.69, 9.17) is 20.9 Å². The molecule has 0 amide bonds. The summed E-state index contributed by atoms with van der Waals surface area (Å²) in [4.78, 5) is 0. The fourth-order valence-electron chi connectivity index (χ4n) is 3.10. The zero-order chi connectivity index (χ0) is 21.6. The Hall–Kier alpha value is -4.18. The highest BCUT2D eigenvalue weighted by Crippen LogP contribution is 2.27. The van der Waals surface area contributed by atoms with Gasteiger partial charge in [-0.25, -0.2) is 0 Å². The van der Waals surface area contributed by atoms with Gasteiger partial charge in [-0.05, 0) is 96.4 Å². The lowest BCUT2D eigenvalue weighted by Gasteiger charge is -2.08. The molecule has 4 N–H and O–H groups in total. The van der Waals surface area contributed by atoms with Crippen molar-refractivity contribution in [3.05, 3.63) is 108 Å². The van der Waals surface area contributed by atoms with E-state index in [1.54, 1.807) is 0 Å². The van der Waals surface area contributed by atoms with Crippen LogP contribution < -0.4 is 20.9 Å². The Morgan fingerprint density at radius 2 is 0.903 bits per heavy atom. The second-order valence-electron chi connectivity index (χ2n) is 7.26. The van der Waals surface area contributed by atoms with Crippen LogP contribution in [0.5, 0.6) is 23.0 Å². The number of nitrogen functional groups attached to an aromatic ring is 2. The van der Waals surface area contributed by atoms with Gasteiger partial charge in [0.25, 0.3) is 0 Å². The molecule has 4 rings (SSSR count). The molecular formula is C27H24N2O2. The lowest BCUT2D eigenvalue weighted by molar-refractivity contribution is 0.482. The summed E-state index contributed by atoms with van der Waals surface area (Å²) in [5, 5.41) is 0. The van der Waals surface area contributed by atoms with Crippen molar-refractivity contribution in [1.82, 2.24) is 0 Å². The normalized spacial score (nSPS) is 11.2. The molecule has 0 saturated heterocycles. The number of rotatable bonds is 6. The lowest BCUT2D eigenvalue weighted by atomic mass is 10.0. The summed E-state index contributed by atoms with van der Waals surface area (Å²) >= 11 is 0. The molecule has 0 bridgehead atoms. The molecule has 0 heterocycles. The first kappa shape index (κ1) is 20.1. The first-order chi connectivity index (χ1) is 15.0. The van der Waals surface area contributed by atoms with Crippen LogP contribution in [0.25, 0.3) is 11.6 Å². The van der Waals surface area contributed by atoms with Crippen molar-refractivity contribution in [2.75, 3.05) is 11.5 Å². The Labute approximate surface area is 182 Å². The Balaban J connectivity index is 1.41. The number of hydrogen-bond acceptors (Lipinski definition) is 4. The van der Waals surface area contributed by atoms with Crippen LogP contribution in [-0.2, 0) is 0 Å². The molecule has 0 atom stereocenters. The number of nitrogens with two attached hydrogens (primary N) is 2. The van der Waals surface area contributed by atoms with Gasteiger partial charge in [-0.15, -0.1) is 0 Å². The van der Waals surface area contributed by atoms with Gasteiger partial charge in [0.1, 0.15) is 23.0 Å². The highest BCUT2D eigenvalue weighted by atomic mass is 16.5. The molecule has 4 nitrogen and oxygen atoms in total. The molecule has 0 spiro atoms. The van der Waals surface area contributed by atoms with E-state index in [2.05, 4.69) is 25.1 Å². The maximum absolute atomic E-state index is 5.86. The van der Waals surface area contributed by atoms with Crippen LogP contribution in [0, 0.1) is 0 Å². The quantitative estimate of drug-likeness (QED) is 0.266.